The van der Waals surface area contributed by atoms with Crippen molar-refractivity contribution in [3.8, 4) is 0 Å². The van der Waals surface area contributed by atoms with Crippen molar-refractivity contribution in [3.63, 3.8) is 0 Å². The smallest absolute Gasteiger partial charge is 0.324 e. The second-order valence-corrected chi connectivity index (χ2v) is 4.88. The van der Waals surface area contributed by atoms with E-state index in [1.165, 1.54) is 0 Å². The third kappa shape index (κ3) is 2.74. The van der Waals surface area contributed by atoms with E-state index in [-0.39, 0.29) is 0 Å². The normalized spacial score (nSPS) is 20.3. The number of carboxylic acids is 1. The first-order valence-electron chi connectivity index (χ1n) is 6.09. The summed E-state index contributed by atoms with van der Waals surface area (Å²) in [5.41, 5.74) is -0.697. The first kappa shape index (κ1) is 13.5. The van der Waals surface area contributed by atoms with Gasteiger partial charge in [0, 0.05) is 19.8 Å². The summed E-state index contributed by atoms with van der Waals surface area (Å²) < 4.78 is 5.28. The van der Waals surface area contributed by atoms with Crippen LogP contribution in [0.25, 0.3) is 0 Å². The van der Waals surface area contributed by atoms with Crippen molar-refractivity contribution in [2.45, 2.75) is 39.2 Å². The van der Waals surface area contributed by atoms with Crippen LogP contribution in [-0.2, 0) is 9.53 Å². The Labute approximate surface area is 97.6 Å². The molecule has 16 heavy (non-hydrogen) atoms. The van der Waals surface area contributed by atoms with Crippen LogP contribution in [0.1, 0.15) is 33.6 Å². The molecule has 1 aliphatic rings. The highest BCUT2D eigenvalue weighted by Gasteiger charge is 2.44. The Hall–Kier alpha value is -0.610. The van der Waals surface area contributed by atoms with Crippen LogP contribution in [-0.4, -0.2) is 47.8 Å². The van der Waals surface area contributed by atoms with Crippen molar-refractivity contribution < 1.29 is 14.6 Å². The molecule has 1 fully saturated rings. The number of likely N-dealkylation sites (N-methyl/N-ethyl adjacent to an activating group) is 1. The Morgan fingerprint density at radius 1 is 1.44 bits per heavy atom. The zero-order chi connectivity index (χ0) is 12.2. The average Bonchev–Trinajstić information content (AvgIpc) is 2.26. The monoisotopic (exact) mass is 229 g/mol. The number of ether oxygens (including phenoxy) is 1. The molecule has 0 aromatic rings. The van der Waals surface area contributed by atoms with Crippen LogP contribution >= 0.6 is 0 Å². The lowest BCUT2D eigenvalue weighted by Gasteiger charge is -2.43. The Kier molecular flexibility index (Phi) is 4.74. The van der Waals surface area contributed by atoms with Crippen molar-refractivity contribution in [2.75, 3.05) is 26.3 Å². The summed E-state index contributed by atoms with van der Waals surface area (Å²) in [6.07, 6.45) is 1.20. The molecule has 0 unspecified atom stereocenters. The highest BCUT2D eigenvalue weighted by molar-refractivity contribution is 5.79. The molecule has 0 amide bonds. The number of nitrogens with zero attached hydrogens (tertiary/aromatic N) is 1. The molecular formula is C12H23NO3. The van der Waals surface area contributed by atoms with Crippen LogP contribution in [0, 0.1) is 5.92 Å². The van der Waals surface area contributed by atoms with Crippen molar-refractivity contribution in [2.24, 2.45) is 5.92 Å². The van der Waals surface area contributed by atoms with Gasteiger partial charge in [-0.3, -0.25) is 9.69 Å². The lowest BCUT2D eigenvalue weighted by molar-refractivity contribution is -0.159. The summed E-state index contributed by atoms with van der Waals surface area (Å²) in [5.74, 6) is -0.211. The van der Waals surface area contributed by atoms with Crippen LogP contribution in [0.4, 0.5) is 0 Å². The molecule has 0 radical (unpaired) electrons. The molecule has 0 spiro atoms. The van der Waals surface area contributed by atoms with Gasteiger partial charge < -0.3 is 9.84 Å². The summed E-state index contributed by atoms with van der Waals surface area (Å²) >= 11 is 0. The van der Waals surface area contributed by atoms with E-state index in [2.05, 4.69) is 18.7 Å². The molecule has 1 rings (SSSR count). The zero-order valence-corrected chi connectivity index (χ0v) is 10.5. The fourth-order valence-corrected chi connectivity index (χ4v) is 2.42. The van der Waals surface area contributed by atoms with Gasteiger partial charge in [0.1, 0.15) is 5.54 Å². The van der Waals surface area contributed by atoms with E-state index in [9.17, 15) is 9.90 Å². The van der Waals surface area contributed by atoms with Crippen molar-refractivity contribution in [3.05, 3.63) is 0 Å². The largest absolute Gasteiger partial charge is 0.480 e. The van der Waals surface area contributed by atoms with E-state index < -0.39 is 11.5 Å². The van der Waals surface area contributed by atoms with E-state index in [1.54, 1.807) is 0 Å². The standard InChI is InChI=1S/C12H23NO3/c1-4-13(9-10(2)3)12(11(14)15)5-7-16-8-6-12/h10H,4-9H2,1-3H3,(H,14,15). The molecule has 0 saturated carbocycles. The van der Waals surface area contributed by atoms with Crippen LogP contribution < -0.4 is 0 Å². The van der Waals surface area contributed by atoms with E-state index >= 15 is 0 Å². The number of aliphatic carboxylic acids is 1. The number of carboxylic acid groups (broad SMARTS) is 1. The van der Waals surface area contributed by atoms with E-state index in [1.807, 2.05) is 6.92 Å². The topological polar surface area (TPSA) is 49.8 Å². The first-order chi connectivity index (χ1) is 7.53. The number of hydrogen-bond donors (Lipinski definition) is 1. The highest BCUT2D eigenvalue weighted by atomic mass is 16.5. The molecule has 0 aliphatic carbocycles. The van der Waals surface area contributed by atoms with Crippen LogP contribution in [0.2, 0.25) is 0 Å². The van der Waals surface area contributed by atoms with Gasteiger partial charge in [-0.1, -0.05) is 20.8 Å². The van der Waals surface area contributed by atoms with Crippen LogP contribution in [0.5, 0.6) is 0 Å². The minimum absolute atomic E-state index is 0.485. The van der Waals surface area contributed by atoms with Gasteiger partial charge >= 0.3 is 5.97 Å². The lowest BCUT2D eigenvalue weighted by atomic mass is 9.87. The maximum Gasteiger partial charge on any atom is 0.324 e. The minimum atomic E-state index is -0.697. The number of hydrogen-bond acceptors (Lipinski definition) is 3. The molecule has 0 aromatic heterocycles. The van der Waals surface area contributed by atoms with E-state index in [0.717, 1.165) is 13.1 Å². The molecule has 1 heterocycles. The SMILES string of the molecule is CCN(CC(C)C)C1(C(=O)O)CCOCC1. The molecule has 94 valence electrons. The highest BCUT2D eigenvalue weighted by Crippen LogP contribution is 2.29. The number of carbonyl (C=O) groups is 1. The molecule has 1 N–H and O–H groups in total. The molecule has 4 heteroatoms. The fourth-order valence-electron chi connectivity index (χ4n) is 2.42. The van der Waals surface area contributed by atoms with Gasteiger partial charge in [-0.15, -0.1) is 0 Å². The Bertz CT molecular complexity index is 234. The molecule has 4 nitrogen and oxygen atoms in total. The maximum absolute atomic E-state index is 11.6. The van der Waals surface area contributed by atoms with Gasteiger partial charge in [-0.2, -0.15) is 0 Å². The van der Waals surface area contributed by atoms with Gasteiger partial charge in [0.15, 0.2) is 0 Å². The predicted octanol–water partition coefficient (Wildman–Crippen LogP) is 1.60. The number of rotatable bonds is 5. The first-order valence-corrected chi connectivity index (χ1v) is 6.09. The summed E-state index contributed by atoms with van der Waals surface area (Å²) in [6, 6.07) is 0. The maximum atomic E-state index is 11.6. The quantitative estimate of drug-likeness (QED) is 0.778. The molecule has 0 atom stereocenters. The van der Waals surface area contributed by atoms with Gasteiger partial charge in [0.05, 0.1) is 0 Å². The Balaban J connectivity index is 2.84. The van der Waals surface area contributed by atoms with Gasteiger partial charge in [0.25, 0.3) is 0 Å². The van der Waals surface area contributed by atoms with Crippen molar-refractivity contribution >= 4 is 5.97 Å². The van der Waals surface area contributed by atoms with Gasteiger partial charge in [-0.05, 0) is 25.3 Å². The predicted molar refractivity (Wildman–Crippen MR) is 62.5 cm³/mol. The molecule has 1 saturated heterocycles. The molecule has 1 aliphatic heterocycles. The average molecular weight is 229 g/mol. The summed E-state index contributed by atoms with van der Waals surface area (Å²) in [7, 11) is 0. The van der Waals surface area contributed by atoms with Crippen LogP contribution in [0.15, 0.2) is 0 Å². The second-order valence-electron chi connectivity index (χ2n) is 4.88. The Morgan fingerprint density at radius 2 is 2.00 bits per heavy atom. The van der Waals surface area contributed by atoms with Gasteiger partial charge in [0.2, 0.25) is 0 Å². The van der Waals surface area contributed by atoms with Crippen molar-refractivity contribution in [1.82, 2.24) is 4.90 Å². The summed E-state index contributed by atoms with van der Waals surface area (Å²) in [6.45, 7) is 9.01. The van der Waals surface area contributed by atoms with Gasteiger partial charge in [-0.25, -0.2) is 0 Å². The zero-order valence-electron chi connectivity index (χ0n) is 10.5. The van der Waals surface area contributed by atoms with E-state index in [4.69, 9.17) is 4.74 Å². The van der Waals surface area contributed by atoms with Crippen molar-refractivity contribution in [1.29, 1.82) is 0 Å². The minimum Gasteiger partial charge on any atom is -0.480 e. The lowest BCUT2D eigenvalue weighted by Crippen LogP contribution is -2.58. The molecule has 0 aromatic carbocycles. The third-order valence-electron chi connectivity index (χ3n) is 3.29. The molecular weight excluding hydrogens is 206 g/mol. The summed E-state index contributed by atoms with van der Waals surface area (Å²) in [5, 5.41) is 9.51. The third-order valence-corrected chi connectivity index (χ3v) is 3.29. The summed E-state index contributed by atoms with van der Waals surface area (Å²) in [4.78, 5) is 13.7. The van der Waals surface area contributed by atoms with Crippen LogP contribution in [0.3, 0.4) is 0 Å². The molecule has 0 bridgehead atoms. The van der Waals surface area contributed by atoms with E-state index in [0.29, 0.717) is 32.0 Å². The fraction of sp³-hybridized carbons (Fsp3) is 0.917. The Morgan fingerprint density at radius 3 is 2.38 bits per heavy atom. The second kappa shape index (κ2) is 5.64.